The van der Waals surface area contributed by atoms with Gasteiger partial charge in [-0.05, 0) is 44.6 Å². The van der Waals surface area contributed by atoms with E-state index < -0.39 is 5.60 Å². The molecule has 1 aliphatic rings. The minimum atomic E-state index is -0.528. The molecule has 1 heteroatoms. The van der Waals surface area contributed by atoms with Crippen LogP contribution in [0.5, 0.6) is 0 Å². The van der Waals surface area contributed by atoms with Gasteiger partial charge in [0.25, 0.3) is 0 Å². The average Bonchev–Trinajstić information content (AvgIpc) is 2.46. The summed E-state index contributed by atoms with van der Waals surface area (Å²) in [6.07, 6.45) is 13.0. The molecule has 88 valence electrons. The maximum absolute atomic E-state index is 10.4. The highest BCUT2D eigenvalue weighted by atomic mass is 16.3. The fourth-order valence-electron chi connectivity index (χ4n) is 2.38. The Kier molecular flexibility index (Phi) is 5.38. The van der Waals surface area contributed by atoms with Gasteiger partial charge in [0.05, 0.1) is 5.60 Å². The quantitative estimate of drug-likeness (QED) is 0.532. The van der Waals surface area contributed by atoms with Crippen molar-refractivity contribution in [2.75, 3.05) is 0 Å². The lowest BCUT2D eigenvalue weighted by atomic mass is 9.87. The van der Waals surface area contributed by atoms with Crippen LogP contribution in [-0.2, 0) is 0 Å². The van der Waals surface area contributed by atoms with Crippen molar-refractivity contribution in [2.24, 2.45) is 0 Å². The van der Waals surface area contributed by atoms with E-state index in [0.717, 1.165) is 19.3 Å². The van der Waals surface area contributed by atoms with Crippen molar-refractivity contribution in [2.45, 2.75) is 77.2 Å². The van der Waals surface area contributed by atoms with Crippen LogP contribution in [0.1, 0.15) is 71.6 Å². The molecule has 0 radical (unpaired) electrons. The molecule has 0 aliphatic heterocycles. The lowest BCUT2D eigenvalue weighted by Gasteiger charge is -2.26. The Labute approximate surface area is 94.6 Å². The van der Waals surface area contributed by atoms with E-state index in [0.29, 0.717) is 0 Å². The van der Waals surface area contributed by atoms with Crippen LogP contribution < -0.4 is 0 Å². The zero-order valence-corrected chi connectivity index (χ0v) is 10.4. The largest absolute Gasteiger partial charge is 0.386 e. The maximum Gasteiger partial charge on any atom is 0.0828 e. The molecule has 15 heavy (non-hydrogen) atoms. The standard InChI is InChI=1S/C14H26O/c1-3-4-9-12-14(2,15)13-10-7-5-6-8-11-13/h10,15H,3-9,11-12H2,1-2H3. The number of hydrogen-bond donors (Lipinski definition) is 1. The van der Waals surface area contributed by atoms with Gasteiger partial charge in [-0.1, -0.05) is 38.7 Å². The Balaban J connectivity index is 2.46. The number of aliphatic hydroxyl groups is 1. The molecule has 1 nitrogen and oxygen atoms in total. The van der Waals surface area contributed by atoms with Crippen LogP contribution in [0.4, 0.5) is 0 Å². The van der Waals surface area contributed by atoms with Crippen molar-refractivity contribution in [1.29, 1.82) is 0 Å². The summed E-state index contributed by atoms with van der Waals surface area (Å²) in [5, 5.41) is 10.4. The molecule has 0 aromatic heterocycles. The molecule has 1 unspecified atom stereocenters. The Morgan fingerprint density at radius 3 is 2.80 bits per heavy atom. The van der Waals surface area contributed by atoms with Gasteiger partial charge >= 0.3 is 0 Å². The SMILES string of the molecule is CCCCCC(C)(O)C1=CCCCCC1. The molecule has 0 aromatic rings. The normalized spacial score (nSPS) is 21.7. The molecular formula is C14H26O. The summed E-state index contributed by atoms with van der Waals surface area (Å²) in [5.74, 6) is 0. The molecular weight excluding hydrogens is 184 g/mol. The lowest BCUT2D eigenvalue weighted by molar-refractivity contribution is 0.0820. The highest BCUT2D eigenvalue weighted by Crippen LogP contribution is 2.30. The predicted molar refractivity (Wildman–Crippen MR) is 65.9 cm³/mol. The second-order valence-electron chi connectivity index (χ2n) is 5.06. The minimum Gasteiger partial charge on any atom is -0.386 e. The average molecular weight is 210 g/mol. The van der Waals surface area contributed by atoms with Crippen molar-refractivity contribution in [1.82, 2.24) is 0 Å². The van der Waals surface area contributed by atoms with Crippen molar-refractivity contribution < 1.29 is 5.11 Å². The van der Waals surface area contributed by atoms with E-state index in [4.69, 9.17) is 0 Å². The third-order valence-corrected chi connectivity index (χ3v) is 3.50. The molecule has 0 heterocycles. The van der Waals surface area contributed by atoms with Crippen LogP contribution in [0.25, 0.3) is 0 Å². The first kappa shape index (κ1) is 12.8. The van der Waals surface area contributed by atoms with Gasteiger partial charge in [0.2, 0.25) is 0 Å². The van der Waals surface area contributed by atoms with Gasteiger partial charge < -0.3 is 5.11 Å². The third kappa shape index (κ3) is 4.38. The summed E-state index contributed by atoms with van der Waals surface area (Å²) in [4.78, 5) is 0. The smallest absolute Gasteiger partial charge is 0.0828 e. The molecule has 0 aromatic carbocycles. The monoisotopic (exact) mass is 210 g/mol. The van der Waals surface area contributed by atoms with Gasteiger partial charge in [-0.2, -0.15) is 0 Å². The summed E-state index contributed by atoms with van der Waals surface area (Å²) in [5.41, 5.74) is 0.774. The second kappa shape index (κ2) is 6.32. The first-order valence-corrected chi connectivity index (χ1v) is 6.58. The molecule has 1 aliphatic carbocycles. The number of allylic oxidation sites excluding steroid dienone is 1. The number of rotatable bonds is 5. The highest BCUT2D eigenvalue weighted by molar-refractivity contribution is 5.16. The summed E-state index contributed by atoms with van der Waals surface area (Å²) in [7, 11) is 0. The van der Waals surface area contributed by atoms with Crippen LogP contribution >= 0.6 is 0 Å². The summed E-state index contributed by atoms with van der Waals surface area (Å²) < 4.78 is 0. The Bertz CT molecular complexity index is 203. The molecule has 1 rings (SSSR count). The van der Waals surface area contributed by atoms with Crippen molar-refractivity contribution in [3.63, 3.8) is 0 Å². The highest BCUT2D eigenvalue weighted by Gasteiger charge is 2.24. The van der Waals surface area contributed by atoms with Crippen LogP contribution in [0.3, 0.4) is 0 Å². The van der Waals surface area contributed by atoms with E-state index in [1.54, 1.807) is 0 Å². The first-order valence-electron chi connectivity index (χ1n) is 6.58. The van der Waals surface area contributed by atoms with E-state index in [1.165, 1.54) is 44.1 Å². The van der Waals surface area contributed by atoms with Gasteiger partial charge in [-0.25, -0.2) is 0 Å². The molecule has 0 spiro atoms. The van der Waals surface area contributed by atoms with E-state index in [-0.39, 0.29) is 0 Å². The van der Waals surface area contributed by atoms with Gasteiger partial charge in [0.15, 0.2) is 0 Å². The Morgan fingerprint density at radius 1 is 1.27 bits per heavy atom. The number of hydrogen-bond acceptors (Lipinski definition) is 1. The predicted octanol–water partition coefficient (Wildman–Crippen LogP) is 4.21. The molecule has 0 bridgehead atoms. The zero-order chi connectivity index (χ0) is 11.1. The number of unbranched alkanes of at least 4 members (excludes halogenated alkanes) is 2. The second-order valence-corrected chi connectivity index (χ2v) is 5.06. The van der Waals surface area contributed by atoms with E-state index >= 15 is 0 Å². The van der Waals surface area contributed by atoms with Crippen molar-refractivity contribution >= 4 is 0 Å². The third-order valence-electron chi connectivity index (χ3n) is 3.50. The molecule has 0 saturated heterocycles. The summed E-state index contributed by atoms with van der Waals surface area (Å²) in [6.45, 7) is 4.21. The van der Waals surface area contributed by atoms with E-state index in [2.05, 4.69) is 13.0 Å². The lowest BCUT2D eigenvalue weighted by Crippen LogP contribution is -2.26. The molecule has 1 N–H and O–H groups in total. The fraction of sp³-hybridized carbons (Fsp3) is 0.857. The molecule has 1 atom stereocenters. The van der Waals surface area contributed by atoms with Gasteiger partial charge in [-0.15, -0.1) is 0 Å². The summed E-state index contributed by atoms with van der Waals surface area (Å²) >= 11 is 0. The topological polar surface area (TPSA) is 20.2 Å². The minimum absolute atomic E-state index is 0.528. The fourth-order valence-corrected chi connectivity index (χ4v) is 2.38. The summed E-state index contributed by atoms with van der Waals surface area (Å²) in [6, 6.07) is 0. The Hall–Kier alpha value is -0.300. The van der Waals surface area contributed by atoms with E-state index in [1.807, 2.05) is 6.92 Å². The first-order chi connectivity index (χ1) is 7.17. The van der Waals surface area contributed by atoms with E-state index in [9.17, 15) is 5.11 Å². The van der Waals surface area contributed by atoms with Crippen LogP contribution in [-0.4, -0.2) is 10.7 Å². The molecule has 0 amide bonds. The van der Waals surface area contributed by atoms with Gasteiger partial charge in [0.1, 0.15) is 0 Å². The van der Waals surface area contributed by atoms with Gasteiger partial charge in [0, 0.05) is 0 Å². The maximum atomic E-state index is 10.4. The van der Waals surface area contributed by atoms with Crippen LogP contribution in [0, 0.1) is 0 Å². The molecule has 0 saturated carbocycles. The molecule has 0 fully saturated rings. The van der Waals surface area contributed by atoms with Crippen LogP contribution in [0.2, 0.25) is 0 Å². The van der Waals surface area contributed by atoms with Crippen molar-refractivity contribution in [3.8, 4) is 0 Å². The zero-order valence-electron chi connectivity index (χ0n) is 10.4. The van der Waals surface area contributed by atoms with Gasteiger partial charge in [-0.3, -0.25) is 0 Å². The van der Waals surface area contributed by atoms with Crippen molar-refractivity contribution in [3.05, 3.63) is 11.6 Å². The van der Waals surface area contributed by atoms with Crippen LogP contribution in [0.15, 0.2) is 11.6 Å². The Morgan fingerprint density at radius 2 is 2.07 bits per heavy atom.